The van der Waals surface area contributed by atoms with Gasteiger partial charge in [-0.05, 0) is 6.42 Å². The van der Waals surface area contributed by atoms with Crippen molar-refractivity contribution < 1.29 is 14.3 Å². The second kappa shape index (κ2) is 6.69. The van der Waals surface area contributed by atoms with Gasteiger partial charge in [0.1, 0.15) is 0 Å². The number of thiazole rings is 1. The summed E-state index contributed by atoms with van der Waals surface area (Å²) in [5.41, 5.74) is 0.875. The Hall–Kier alpha value is -1.63. The van der Waals surface area contributed by atoms with Gasteiger partial charge < -0.3 is 14.5 Å². The van der Waals surface area contributed by atoms with E-state index in [9.17, 15) is 9.59 Å². The van der Waals surface area contributed by atoms with Gasteiger partial charge in [-0.15, -0.1) is 11.3 Å². The second-order valence-corrected chi connectivity index (χ2v) is 5.62. The van der Waals surface area contributed by atoms with Crippen LogP contribution in [0.1, 0.15) is 18.5 Å². The van der Waals surface area contributed by atoms with E-state index in [1.807, 2.05) is 17.3 Å². The predicted octanol–water partition coefficient (Wildman–Crippen LogP) is 0.917. The molecule has 0 atom stereocenters. The standard InChI is InChI=1S/C13H19N3O3S/c1-15-6-3-7-16(8-11(15)17)13-14-10(9-20-13)4-5-12(18)19-2/h9H,3-8H2,1-2H3. The molecule has 1 amide bonds. The van der Waals surface area contributed by atoms with Gasteiger partial charge in [-0.2, -0.15) is 0 Å². The van der Waals surface area contributed by atoms with E-state index < -0.39 is 0 Å². The SMILES string of the molecule is COC(=O)CCc1csc(N2CCCN(C)C(=O)C2)n1. The Kier molecular flexibility index (Phi) is 4.94. The summed E-state index contributed by atoms with van der Waals surface area (Å²) in [6.45, 7) is 2.00. The fraction of sp³-hybridized carbons (Fsp3) is 0.615. The summed E-state index contributed by atoms with van der Waals surface area (Å²) in [7, 11) is 3.21. The van der Waals surface area contributed by atoms with E-state index in [4.69, 9.17) is 0 Å². The van der Waals surface area contributed by atoms with Gasteiger partial charge in [0.25, 0.3) is 0 Å². The largest absolute Gasteiger partial charge is 0.469 e. The summed E-state index contributed by atoms with van der Waals surface area (Å²) in [5.74, 6) is -0.111. The summed E-state index contributed by atoms with van der Waals surface area (Å²) in [6, 6.07) is 0. The van der Waals surface area contributed by atoms with Crippen LogP contribution in [0.15, 0.2) is 5.38 Å². The van der Waals surface area contributed by atoms with Gasteiger partial charge in [0, 0.05) is 31.9 Å². The van der Waals surface area contributed by atoms with Crippen LogP contribution < -0.4 is 4.90 Å². The fourth-order valence-corrected chi connectivity index (χ4v) is 2.93. The van der Waals surface area contributed by atoms with Crippen molar-refractivity contribution in [2.24, 2.45) is 0 Å². The summed E-state index contributed by atoms with van der Waals surface area (Å²) in [5, 5.41) is 2.80. The highest BCUT2D eigenvalue weighted by molar-refractivity contribution is 7.13. The van der Waals surface area contributed by atoms with Crippen molar-refractivity contribution in [1.29, 1.82) is 0 Å². The summed E-state index contributed by atoms with van der Waals surface area (Å²) in [6.07, 6.45) is 1.85. The number of likely N-dealkylation sites (N-methyl/N-ethyl adjacent to an activating group) is 1. The number of esters is 1. The molecule has 1 aliphatic heterocycles. The number of hydrogen-bond donors (Lipinski definition) is 0. The van der Waals surface area contributed by atoms with E-state index in [1.165, 1.54) is 18.4 Å². The zero-order valence-electron chi connectivity index (χ0n) is 11.8. The molecule has 0 aromatic carbocycles. The minimum Gasteiger partial charge on any atom is -0.469 e. The first kappa shape index (κ1) is 14.8. The van der Waals surface area contributed by atoms with Crippen molar-refractivity contribution in [1.82, 2.24) is 9.88 Å². The van der Waals surface area contributed by atoms with Crippen LogP contribution in [0.4, 0.5) is 5.13 Å². The summed E-state index contributed by atoms with van der Waals surface area (Å²) in [4.78, 5) is 31.2. The lowest BCUT2D eigenvalue weighted by Gasteiger charge is -2.18. The highest BCUT2D eigenvalue weighted by atomic mass is 32.1. The van der Waals surface area contributed by atoms with Gasteiger partial charge in [-0.3, -0.25) is 9.59 Å². The molecule has 1 aliphatic rings. The van der Waals surface area contributed by atoms with Crippen molar-refractivity contribution in [3.63, 3.8) is 0 Å². The van der Waals surface area contributed by atoms with Gasteiger partial charge in [0.15, 0.2) is 5.13 Å². The molecule has 1 aromatic heterocycles. The van der Waals surface area contributed by atoms with Crippen LogP contribution in [0.3, 0.4) is 0 Å². The van der Waals surface area contributed by atoms with E-state index in [0.717, 1.165) is 30.3 Å². The Balaban J connectivity index is 1.97. The third-order valence-electron chi connectivity index (χ3n) is 3.30. The molecule has 0 radical (unpaired) electrons. The van der Waals surface area contributed by atoms with Crippen LogP contribution >= 0.6 is 11.3 Å². The number of anilines is 1. The quantitative estimate of drug-likeness (QED) is 0.773. The molecular formula is C13H19N3O3S. The highest BCUT2D eigenvalue weighted by Crippen LogP contribution is 2.22. The first-order valence-corrected chi connectivity index (χ1v) is 7.48. The number of amides is 1. The van der Waals surface area contributed by atoms with Gasteiger partial charge in [-0.25, -0.2) is 4.98 Å². The van der Waals surface area contributed by atoms with Crippen molar-refractivity contribution in [3.05, 3.63) is 11.1 Å². The van der Waals surface area contributed by atoms with E-state index in [0.29, 0.717) is 19.4 Å². The number of ether oxygens (including phenoxy) is 1. The molecule has 0 spiro atoms. The third kappa shape index (κ3) is 3.69. The molecule has 20 heavy (non-hydrogen) atoms. The highest BCUT2D eigenvalue weighted by Gasteiger charge is 2.21. The van der Waals surface area contributed by atoms with Crippen LogP contribution in [0.25, 0.3) is 0 Å². The minimum absolute atomic E-state index is 0.119. The van der Waals surface area contributed by atoms with Gasteiger partial charge in [0.2, 0.25) is 5.91 Å². The second-order valence-electron chi connectivity index (χ2n) is 4.79. The maximum atomic E-state index is 11.9. The Morgan fingerprint density at radius 1 is 1.50 bits per heavy atom. The lowest BCUT2D eigenvalue weighted by molar-refractivity contribution is -0.140. The molecule has 0 N–H and O–H groups in total. The number of carbonyl (C=O) groups is 2. The molecular weight excluding hydrogens is 278 g/mol. The summed E-state index contributed by atoms with van der Waals surface area (Å²) >= 11 is 1.52. The molecule has 6 nitrogen and oxygen atoms in total. The van der Waals surface area contributed by atoms with E-state index >= 15 is 0 Å². The van der Waals surface area contributed by atoms with Crippen molar-refractivity contribution in [2.75, 3.05) is 38.7 Å². The molecule has 2 rings (SSSR count). The van der Waals surface area contributed by atoms with E-state index in [-0.39, 0.29) is 11.9 Å². The molecule has 1 fully saturated rings. The maximum Gasteiger partial charge on any atom is 0.305 e. The lowest BCUT2D eigenvalue weighted by Crippen LogP contribution is -2.34. The Morgan fingerprint density at radius 2 is 2.30 bits per heavy atom. The molecule has 2 heterocycles. The van der Waals surface area contributed by atoms with Crippen molar-refractivity contribution in [2.45, 2.75) is 19.3 Å². The number of hydrogen-bond acceptors (Lipinski definition) is 6. The number of aryl methyl sites for hydroxylation is 1. The van der Waals surface area contributed by atoms with Crippen LogP contribution in [-0.2, 0) is 20.7 Å². The number of nitrogens with zero attached hydrogens (tertiary/aromatic N) is 3. The molecule has 0 unspecified atom stereocenters. The third-order valence-corrected chi connectivity index (χ3v) is 4.25. The number of aromatic nitrogens is 1. The molecule has 110 valence electrons. The smallest absolute Gasteiger partial charge is 0.305 e. The monoisotopic (exact) mass is 297 g/mol. The molecule has 1 saturated heterocycles. The lowest BCUT2D eigenvalue weighted by atomic mass is 10.2. The normalized spacial score (nSPS) is 16.2. The molecule has 0 aliphatic carbocycles. The first-order valence-electron chi connectivity index (χ1n) is 6.60. The average molecular weight is 297 g/mol. The van der Waals surface area contributed by atoms with Gasteiger partial charge >= 0.3 is 5.97 Å². The predicted molar refractivity (Wildman–Crippen MR) is 76.9 cm³/mol. The van der Waals surface area contributed by atoms with Crippen LogP contribution in [0.5, 0.6) is 0 Å². The van der Waals surface area contributed by atoms with Crippen molar-refractivity contribution in [3.8, 4) is 0 Å². The van der Waals surface area contributed by atoms with Crippen LogP contribution in [0.2, 0.25) is 0 Å². The topological polar surface area (TPSA) is 62.7 Å². The zero-order chi connectivity index (χ0) is 14.5. The number of rotatable bonds is 4. The van der Waals surface area contributed by atoms with E-state index in [1.54, 1.807) is 4.90 Å². The summed E-state index contributed by atoms with van der Waals surface area (Å²) < 4.78 is 4.61. The Labute approximate surface area is 122 Å². The van der Waals surface area contributed by atoms with E-state index in [2.05, 4.69) is 9.72 Å². The first-order chi connectivity index (χ1) is 9.60. The maximum absolute atomic E-state index is 11.9. The van der Waals surface area contributed by atoms with Crippen LogP contribution in [0, 0.1) is 0 Å². The van der Waals surface area contributed by atoms with Gasteiger partial charge in [0.05, 0.1) is 25.8 Å². The molecule has 0 saturated carbocycles. The Morgan fingerprint density at radius 3 is 3.05 bits per heavy atom. The molecule has 7 heteroatoms. The number of carbonyl (C=O) groups excluding carboxylic acids is 2. The van der Waals surface area contributed by atoms with Crippen molar-refractivity contribution >= 4 is 28.3 Å². The number of methoxy groups -OCH3 is 1. The van der Waals surface area contributed by atoms with Gasteiger partial charge in [-0.1, -0.05) is 0 Å². The molecule has 0 bridgehead atoms. The molecule has 1 aromatic rings. The average Bonchev–Trinajstić information content (AvgIpc) is 2.85. The Bertz CT molecular complexity index is 489. The van der Waals surface area contributed by atoms with Crippen LogP contribution in [-0.4, -0.2) is 55.6 Å². The minimum atomic E-state index is -0.230. The fourth-order valence-electron chi connectivity index (χ4n) is 2.04. The zero-order valence-corrected chi connectivity index (χ0v) is 12.6.